The first-order valence-corrected chi connectivity index (χ1v) is 9.05. The molecule has 1 saturated heterocycles. The number of nitrogens with zero attached hydrogens (tertiary/aromatic N) is 1. The maximum atomic E-state index is 13.9. The molecule has 0 aliphatic carbocycles. The number of hydrogen-bond donors (Lipinski definition) is 0. The number of hydrogen-bond acceptors (Lipinski definition) is 4. The summed E-state index contributed by atoms with van der Waals surface area (Å²) < 4.78 is 51.2. The molecule has 0 spiro atoms. The van der Waals surface area contributed by atoms with Gasteiger partial charge in [-0.3, -0.25) is 9.59 Å². The SMILES string of the molecule is COc1cc(OC)cc(C(=O)N2CCC(C(=O)c3c(F)cc(F)cc3F)CC2)c1. The number of carbonyl (C=O) groups excluding carboxylic acids is 2. The van der Waals surface area contributed by atoms with Crippen LogP contribution in [0.5, 0.6) is 11.5 Å². The van der Waals surface area contributed by atoms with Crippen molar-refractivity contribution in [1.29, 1.82) is 0 Å². The first-order chi connectivity index (χ1) is 13.8. The van der Waals surface area contributed by atoms with Gasteiger partial charge in [-0.05, 0) is 25.0 Å². The van der Waals surface area contributed by atoms with Gasteiger partial charge in [0.05, 0.1) is 19.8 Å². The van der Waals surface area contributed by atoms with Crippen molar-refractivity contribution in [3.05, 3.63) is 58.9 Å². The lowest BCUT2D eigenvalue weighted by Gasteiger charge is -2.31. The van der Waals surface area contributed by atoms with Crippen LogP contribution in [-0.2, 0) is 0 Å². The average molecular weight is 407 g/mol. The minimum Gasteiger partial charge on any atom is -0.497 e. The Hall–Kier alpha value is -3.03. The highest BCUT2D eigenvalue weighted by Crippen LogP contribution is 2.28. The molecule has 29 heavy (non-hydrogen) atoms. The number of Topliss-reactive ketones (excluding diaryl/α,β-unsaturated/α-hetero) is 1. The molecule has 154 valence electrons. The molecule has 1 aliphatic heterocycles. The van der Waals surface area contributed by atoms with Crippen LogP contribution in [0.4, 0.5) is 13.2 Å². The molecule has 0 radical (unpaired) electrons. The van der Waals surface area contributed by atoms with E-state index in [9.17, 15) is 22.8 Å². The zero-order chi connectivity index (χ0) is 21.1. The van der Waals surface area contributed by atoms with Crippen molar-refractivity contribution in [2.75, 3.05) is 27.3 Å². The van der Waals surface area contributed by atoms with E-state index in [4.69, 9.17) is 9.47 Å². The van der Waals surface area contributed by atoms with Crippen molar-refractivity contribution in [1.82, 2.24) is 4.90 Å². The minimum atomic E-state index is -1.21. The predicted molar refractivity (Wildman–Crippen MR) is 98.8 cm³/mol. The first-order valence-electron chi connectivity index (χ1n) is 9.05. The van der Waals surface area contributed by atoms with E-state index in [2.05, 4.69) is 0 Å². The van der Waals surface area contributed by atoms with Crippen molar-refractivity contribution in [2.45, 2.75) is 12.8 Å². The summed E-state index contributed by atoms with van der Waals surface area (Å²) in [5.74, 6) is -4.18. The predicted octanol–water partition coefficient (Wildman–Crippen LogP) is 3.86. The van der Waals surface area contributed by atoms with Gasteiger partial charge in [-0.2, -0.15) is 0 Å². The van der Waals surface area contributed by atoms with E-state index in [-0.39, 0.29) is 31.8 Å². The molecule has 0 aromatic heterocycles. The second-order valence-electron chi connectivity index (χ2n) is 6.78. The van der Waals surface area contributed by atoms with Gasteiger partial charge in [0.15, 0.2) is 5.78 Å². The number of ether oxygens (including phenoxy) is 2. The molecule has 1 aliphatic rings. The maximum Gasteiger partial charge on any atom is 0.254 e. The molecular formula is C21H20F3NO4. The van der Waals surface area contributed by atoms with Crippen molar-refractivity contribution < 1.29 is 32.2 Å². The minimum absolute atomic E-state index is 0.249. The zero-order valence-electron chi connectivity index (χ0n) is 16.0. The third-order valence-corrected chi connectivity index (χ3v) is 5.00. The number of methoxy groups -OCH3 is 2. The fraction of sp³-hybridized carbons (Fsp3) is 0.333. The number of rotatable bonds is 5. The van der Waals surface area contributed by atoms with Gasteiger partial charge in [0.25, 0.3) is 5.91 Å². The van der Waals surface area contributed by atoms with Gasteiger partial charge in [-0.25, -0.2) is 13.2 Å². The van der Waals surface area contributed by atoms with E-state index >= 15 is 0 Å². The normalized spacial score (nSPS) is 14.6. The van der Waals surface area contributed by atoms with Gasteiger partial charge < -0.3 is 14.4 Å². The molecule has 0 N–H and O–H groups in total. The van der Waals surface area contributed by atoms with Gasteiger partial charge in [0.1, 0.15) is 29.0 Å². The smallest absolute Gasteiger partial charge is 0.254 e. The summed E-state index contributed by atoms with van der Waals surface area (Å²) in [5.41, 5.74) is -0.352. The molecule has 2 aromatic rings. The molecule has 1 heterocycles. The standard InChI is InChI=1S/C21H20F3NO4/c1-28-15-7-13(8-16(11-15)29-2)21(27)25-5-3-12(4-6-25)20(26)19-17(23)9-14(22)10-18(19)24/h7-12H,3-6H2,1-2H3. The topological polar surface area (TPSA) is 55.8 Å². The third kappa shape index (κ3) is 4.36. The molecule has 0 bridgehead atoms. The first kappa shape index (κ1) is 20.7. The molecule has 0 unspecified atom stereocenters. The van der Waals surface area contributed by atoms with E-state index in [1.165, 1.54) is 14.2 Å². The van der Waals surface area contributed by atoms with E-state index in [0.29, 0.717) is 29.2 Å². The number of halogens is 3. The Kier molecular flexibility index (Phi) is 6.10. The zero-order valence-corrected chi connectivity index (χ0v) is 16.0. The number of ketones is 1. The van der Waals surface area contributed by atoms with E-state index in [0.717, 1.165) is 0 Å². The number of piperidine rings is 1. The highest BCUT2D eigenvalue weighted by atomic mass is 19.1. The Morgan fingerprint density at radius 1 is 0.897 bits per heavy atom. The van der Waals surface area contributed by atoms with E-state index < -0.39 is 34.7 Å². The fourth-order valence-corrected chi connectivity index (χ4v) is 3.44. The Labute approximate surface area is 166 Å². The molecule has 5 nitrogen and oxygen atoms in total. The second-order valence-corrected chi connectivity index (χ2v) is 6.78. The van der Waals surface area contributed by atoms with Crippen LogP contribution in [0.25, 0.3) is 0 Å². The van der Waals surface area contributed by atoms with Gasteiger partial charge >= 0.3 is 0 Å². The quantitative estimate of drug-likeness (QED) is 0.707. The summed E-state index contributed by atoms with van der Waals surface area (Å²) in [7, 11) is 2.96. The lowest BCUT2D eigenvalue weighted by atomic mass is 9.88. The number of benzene rings is 2. The van der Waals surface area contributed by atoms with Gasteiger partial charge in [-0.15, -0.1) is 0 Å². The summed E-state index contributed by atoms with van der Waals surface area (Å²) in [6, 6.07) is 5.81. The highest BCUT2D eigenvalue weighted by molar-refractivity contribution is 5.99. The molecule has 8 heteroatoms. The average Bonchev–Trinajstić information content (AvgIpc) is 2.72. The highest BCUT2D eigenvalue weighted by Gasteiger charge is 2.31. The van der Waals surface area contributed by atoms with Crippen LogP contribution in [0.2, 0.25) is 0 Å². The van der Waals surface area contributed by atoms with Crippen LogP contribution in [0.15, 0.2) is 30.3 Å². The van der Waals surface area contributed by atoms with Gasteiger partial charge in [0.2, 0.25) is 0 Å². The molecule has 0 atom stereocenters. The monoisotopic (exact) mass is 407 g/mol. The Bertz CT molecular complexity index is 894. The van der Waals surface area contributed by atoms with Crippen molar-refractivity contribution in [3.8, 4) is 11.5 Å². The Morgan fingerprint density at radius 3 is 1.90 bits per heavy atom. The van der Waals surface area contributed by atoms with Crippen LogP contribution in [0.3, 0.4) is 0 Å². The summed E-state index contributed by atoms with van der Waals surface area (Å²) >= 11 is 0. The lowest BCUT2D eigenvalue weighted by molar-refractivity contribution is 0.0647. The molecule has 1 amide bonds. The molecular weight excluding hydrogens is 387 g/mol. The van der Waals surface area contributed by atoms with Crippen LogP contribution in [0.1, 0.15) is 33.6 Å². The summed E-state index contributed by atoms with van der Waals surface area (Å²) in [5, 5.41) is 0. The number of amides is 1. The summed E-state index contributed by atoms with van der Waals surface area (Å²) in [4.78, 5) is 26.9. The molecule has 0 saturated carbocycles. The van der Waals surface area contributed by atoms with Crippen LogP contribution >= 0.6 is 0 Å². The maximum absolute atomic E-state index is 13.9. The van der Waals surface area contributed by atoms with Gasteiger partial charge in [-0.1, -0.05) is 0 Å². The van der Waals surface area contributed by atoms with Crippen molar-refractivity contribution >= 4 is 11.7 Å². The van der Waals surface area contributed by atoms with Crippen LogP contribution in [0, 0.1) is 23.4 Å². The third-order valence-electron chi connectivity index (χ3n) is 5.00. The van der Waals surface area contributed by atoms with Crippen molar-refractivity contribution in [2.24, 2.45) is 5.92 Å². The lowest BCUT2D eigenvalue weighted by Crippen LogP contribution is -2.40. The second kappa shape index (κ2) is 8.55. The fourth-order valence-electron chi connectivity index (χ4n) is 3.44. The number of carbonyl (C=O) groups is 2. The van der Waals surface area contributed by atoms with E-state index in [1.54, 1.807) is 23.1 Å². The number of likely N-dealkylation sites (tertiary alicyclic amines) is 1. The van der Waals surface area contributed by atoms with Crippen LogP contribution < -0.4 is 9.47 Å². The van der Waals surface area contributed by atoms with Crippen molar-refractivity contribution in [3.63, 3.8) is 0 Å². The largest absolute Gasteiger partial charge is 0.497 e. The van der Waals surface area contributed by atoms with Gasteiger partial charge in [0, 0.05) is 42.8 Å². The van der Waals surface area contributed by atoms with Crippen LogP contribution in [-0.4, -0.2) is 43.9 Å². The summed E-state index contributed by atoms with van der Waals surface area (Å²) in [6.07, 6.45) is 0.504. The van der Waals surface area contributed by atoms with E-state index in [1.807, 2.05) is 0 Å². The molecule has 1 fully saturated rings. The molecule has 3 rings (SSSR count). The Morgan fingerprint density at radius 2 is 1.41 bits per heavy atom. The molecule has 2 aromatic carbocycles. The summed E-state index contributed by atoms with van der Waals surface area (Å²) in [6.45, 7) is 0.498. The Balaban J connectivity index is 1.71.